The van der Waals surface area contributed by atoms with Crippen molar-refractivity contribution < 1.29 is 4.79 Å². The van der Waals surface area contributed by atoms with Crippen molar-refractivity contribution in [3.8, 4) is 0 Å². The zero-order valence-electron chi connectivity index (χ0n) is 12.3. The van der Waals surface area contributed by atoms with Crippen LogP contribution in [0.4, 0.5) is 0 Å². The monoisotopic (exact) mass is 280 g/mol. The van der Waals surface area contributed by atoms with Gasteiger partial charge in [-0.15, -0.1) is 11.3 Å². The van der Waals surface area contributed by atoms with E-state index in [1.54, 1.807) is 11.3 Å². The molecule has 1 N–H and O–H groups in total. The summed E-state index contributed by atoms with van der Waals surface area (Å²) in [6, 6.07) is 4.25. The molecule has 0 bridgehead atoms. The van der Waals surface area contributed by atoms with Crippen molar-refractivity contribution in [2.75, 3.05) is 6.54 Å². The molecule has 1 aliphatic rings. The molecule has 2 heterocycles. The van der Waals surface area contributed by atoms with E-state index in [4.69, 9.17) is 0 Å². The molecular weight excluding hydrogens is 256 g/mol. The van der Waals surface area contributed by atoms with E-state index in [0.29, 0.717) is 5.92 Å². The van der Waals surface area contributed by atoms with Gasteiger partial charge in [-0.25, -0.2) is 0 Å². The second kappa shape index (κ2) is 6.06. The first kappa shape index (κ1) is 14.5. The second-order valence-corrected chi connectivity index (χ2v) is 6.73. The van der Waals surface area contributed by atoms with Crippen molar-refractivity contribution in [1.82, 2.24) is 10.2 Å². The lowest BCUT2D eigenvalue weighted by atomic mass is 9.99. The van der Waals surface area contributed by atoms with Crippen molar-refractivity contribution in [1.29, 1.82) is 0 Å². The summed E-state index contributed by atoms with van der Waals surface area (Å²) in [5.41, 5.74) is 0. The summed E-state index contributed by atoms with van der Waals surface area (Å²) in [6.07, 6.45) is 2.10. The van der Waals surface area contributed by atoms with Gasteiger partial charge in [-0.1, -0.05) is 27.2 Å². The maximum Gasteiger partial charge on any atom is 0.241 e. The predicted molar refractivity (Wildman–Crippen MR) is 80.2 cm³/mol. The van der Waals surface area contributed by atoms with E-state index in [0.717, 1.165) is 19.4 Å². The number of amides is 1. The van der Waals surface area contributed by atoms with Gasteiger partial charge in [-0.2, -0.15) is 0 Å². The van der Waals surface area contributed by atoms with Crippen LogP contribution in [0.2, 0.25) is 0 Å². The fourth-order valence-electron chi connectivity index (χ4n) is 2.60. The molecule has 1 aromatic heterocycles. The van der Waals surface area contributed by atoms with E-state index in [1.807, 2.05) is 4.90 Å². The van der Waals surface area contributed by atoms with Gasteiger partial charge in [0.1, 0.15) is 6.17 Å². The minimum atomic E-state index is -0.0241. The average molecular weight is 280 g/mol. The molecule has 4 heteroatoms. The Bertz CT molecular complexity index is 443. The van der Waals surface area contributed by atoms with E-state index in [1.165, 1.54) is 9.75 Å². The molecule has 2 rings (SSSR count). The summed E-state index contributed by atoms with van der Waals surface area (Å²) < 4.78 is 0. The summed E-state index contributed by atoms with van der Waals surface area (Å²) in [6.45, 7) is 9.37. The zero-order valence-corrected chi connectivity index (χ0v) is 13.1. The van der Waals surface area contributed by atoms with Crippen LogP contribution in [0.25, 0.3) is 0 Å². The molecule has 3 atom stereocenters. The van der Waals surface area contributed by atoms with Crippen molar-refractivity contribution >= 4 is 17.2 Å². The molecule has 1 fully saturated rings. The third-order valence-electron chi connectivity index (χ3n) is 3.91. The van der Waals surface area contributed by atoms with Crippen LogP contribution in [-0.2, 0) is 4.79 Å². The number of carbonyl (C=O) groups is 1. The number of nitrogens with one attached hydrogen (secondary N) is 1. The van der Waals surface area contributed by atoms with E-state index >= 15 is 0 Å². The lowest BCUT2D eigenvalue weighted by Gasteiger charge is -2.22. The fraction of sp³-hybridized carbons (Fsp3) is 0.667. The van der Waals surface area contributed by atoms with Gasteiger partial charge in [0.05, 0.1) is 6.04 Å². The molecule has 1 aromatic rings. The van der Waals surface area contributed by atoms with Crippen LogP contribution in [0.1, 0.15) is 49.5 Å². The van der Waals surface area contributed by atoms with E-state index in [-0.39, 0.29) is 18.1 Å². The van der Waals surface area contributed by atoms with E-state index < -0.39 is 0 Å². The molecule has 1 saturated heterocycles. The first-order valence-electron chi connectivity index (χ1n) is 7.21. The van der Waals surface area contributed by atoms with Crippen LogP contribution >= 0.6 is 11.3 Å². The standard InChI is InChI=1S/C15H24N2OS/c1-5-9-17-14(12-8-7-11(4)19-12)16-13(15(17)18)10(3)6-2/h7-8,10,13-14,16H,5-6,9H2,1-4H3. The van der Waals surface area contributed by atoms with Gasteiger partial charge in [0.2, 0.25) is 5.91 Å². The van der Waals surface area contributed by atoms with Crippen LogP contribution in [0.5, 0.6) is 0 Å². The Labute approximate surface area is 120 Å². The Morgan fingerprint density at radius 1 is 1.42 bits per heavy atom. The van der Waals surface area contributed by atoms with Crippen molar-refractivity contribution in [3.05, 3.63) is 21.9 Å². The van der Waals surface area contributed by atoms with Gasteiger partial charge in [0.25, 0.3) is 0 Å². The minimum absolute atomic E-state index is 0.0241. The molecule has 0 radical (unpaired) electrons. The highest BCUT2D eigenvalue weighted by atomic mass is 32.1. The molecule has 1 amide bonds. The summed E-state index contributed by atoms with van der Waals surface area (Å²) >= 11 is 1.78. The normalized spacial score (nSPS) is 25.1. The molecular formula is C15H24N2OS. The van der Waals surface area contributed by atoms with E-state index in [2.05, 4.69) is 45.1 Å². The molecule has 106 valence electrons. The lowest BCUT2D eigenvalue weighted by Crippen LogP contribution is -2.35. The molecule has 3 nitrogen and oxygen atoms in total. The van der Waals surface area contributed by atoms with Gasteiger partial charge >= 0.3 is 0 Å². The zero-order chi connectivity index (χ0) is 14.0. The van der Waals surface area contributed by atoms with Crippen LogP contribution in [0.15, 0.2) is 12.1 Å². The number of carbonyl (C=O) groups excluding carboxylic acids is 1. The van der Waals surface area contributed by atoms with Gasteiger partial charge < -0.3 is 4.90 Å². The molecule has 0 saturated carbocycles. The van der Waals surface area contributed by atoms with Gasteiger partial charge in [0, 0.05) is 16.3 Å². The van der Waals surface area contributed by atoms with Crippen molar-refractivity contribution in [3.63, 3.8) is 0 Å². The van der Waals surface area contributed by atoms with Crippen LogP contribution in [0, 0.1) is 12.8 Å². The second-order valence-electron chi connectivity index (χ2n) is 5.41. The number of hydrogen-bond acceptors (Lipinski definition) is 3. The Morgan fingerprint density at radius 2 is 2.16 bits per heavy atom. The Balaban J connectivity index is 2.24. The van der Waals surface area contributed by atoms with Crippen molar-refractivity contribution in [2.45, 2.75) is 52.7 Å². The Hall–Kier alpha value is -0.870. The number of thiophene rings is 1. The maximum absolute atomic E-state index is 12.6. The number of nitrogens with zero attached hydrogens (tertiary/aromatic N) is 1. The largest absolute Gasteiger partial charge is 0.321 e. The van der Waals surface area contributed by atoms with E-state index in [9.17, 15) is 4.79 Å². The third kappa shape index (κ3) is 2.84. The number of aryl methyl sites for hydroxylation is 1. The predicted octanol–water partition coefficient (Wildman–Crippen LogP) is 3.31. The summed E-state index contributed by atoms with van der Waals surface area (Å²) in [4.78, 5) is 17.1. The summed E-state index contributed by atoms with van der Waals surface area (Å²) in [7, 11) is 0. The minimum Gasteiger partial charge on any atom is -0.321 e. The highest BCUT2D eigenvalue weighted by Gasteiger charge is 2.41. The van der Waals surface area contributed by atoms with Gasteiger partial charge in [-0.05, 0) is 31.4 Å². The van der Waals surface area contributed by atoms with Crippen LogP contribution < -0.4 is 5.32 Å². The fourth-order valence-corrected chi connectivity index (χ4v) is 3.55. The smallest absolute Gasteiger partial charge is 0.241 e. The molecule has 19 heavy (non-hydrogen) atoms. The molecule has 0 aromatic carbocycles. The molecule has 1 aliphatic heterocycles. The number of rotatable bonds is 5. The molecule has 0 aliphatic carbocycles. The first-order chi connectivity index (χ1) is 9.08. The third-order valence-corrected chi connectivity index (χ3v) is 4.96. The molecule has 3 unspecified atom stereocenters. The first-order valence-corrected chi connectivity index (χ1v) is 8.03. The van der Waals surface area contributed by atoms with Gasteiger partial charge in [-0.3, -0.25) is 10.1 Å². The van der Waals surface area contributed by atoms with Crippen LogP contribution in [-0.4, -0.2) is 23.4 Å². The number of hydrogen-bond donors (Lipinski definition) is 1. The SMILES string of the molecule is CCCN1C(=O)C(C(C)CC)NC1c1ccc(C)s1. The average Bonchev–Trinajstić information content (AvgIpc) is 2.95. The van der Waals surface area contributed by atoms with Crippen molar-refractivity contribution in [2.24, 2.45) is 5.92 Å². The topological polar surface area (TPSA) is 32.3 Å². The lowest BCUT2D eigenvalue weighted by molar-refractivity contribution is -0.130. The summed E-state index contributed by atoms with van der Waals surface area (Å²) in [5, 5.41) is 3.54. The van der Waals surface area contributed by atoms with Crippen LogP contribution in [0.3, 0.4) is 0 Å². The highest BCUT2D eigenvalue weighted by Crippen LogP contribution is 2.32. The molecule has 0 spiro atoms. The van der Waals surface area contributed by atoms with Gasteiger partial charge in [0.15, 0.2) is 0 Å². The highest BCUT2D eigenvalue weighted by molar-refractivity contribution is 7.12. The Morgan fingerprint density at radius 3 is 2.68 bits per heavy atom. The quantitative estimate of drug-likeness (QED) is 0.897. The Kier molecular flexibility index (Phi) is 4.63. The maximum atomic E-state index is 12.6. The summed E-state index contributed by atoms with van der Waals surface area (Å²) in [5.74, 6) is 0.658.